The summed E-state index contributed by atoms with van der Waals surface area (Å²) in [5, 5.41) is 19.7. The lowest BCUT2D eigenvalue weighted by atomic mass is 9.71. The highest BCUT2D eigenvalue weighted by atomic mass is 79.9. The largest absolute Gasteiger partial charge is 0.481 e. The van der Waals surface area contributed by atoms with Crippen molar-refractivity contribution in [3.8, 4) is 0 Å². The number of hydrogen-bond acceptors (Lipinski definition) is 5. The highest BCUT2D eigenvalue weighted by Gasteiger charge is 2.76. The van der Waals surface area contributed by atoms with Gasteiger partial charge in [0.2, 0.25) is 11.8 Å². The van der Waals surface area contributed by atoms with Crippen LogP contribution < -0.4 is 0 Å². The number of hydrogen-bond donors (Lipinski definition) is 2. The Balaban J connectivity index is 2.12. The maximum Gasteiger partial charge on any atom is 0.308 e. The summed E-state index contributed by atoms with van der Waals surface area (Å²) in [6.07, 6.45) is 4.48. The highest BCUT2D eigenvalue weighted by molar-refractivity contribution is 9.09. The molecule has 2 N–H and O–H groups in total. The van der Waals surface area contributed by atoms with Gasteiger partial charge < -0.3 is 20.0 Å². The maximum absolute atomic E-state index is 14.1. The number of amides is 2. The fourth-order valence-electron chi connectivity index (χ4n) is 5.79. The van der Waals surface area contributed by atoms with Crippen LogP contribution in [0.1, 0.15) is 46.5 Å². The van der Waals surface area contributed by atoms with E-state index in [0.29, 0.717) is 19.4 Å². The quantitative estimate of drug-likeness (QED) is 0.342. The van der Waals surface area contributed by atoms with Crippen LogP contribution in [0.2, 0.25) is 0 Å². The SMILES string of the molecule is C=CCN(C(=O)C1N([C@@H](CC)CO)C(=O)[C@@H]2[C@H](C(=O)O)[C@H]3SC12CC3Br)C(C)CCC. The average Bonchev–Trinajstić information content (AvgIpc) is 3.31. The van der Waals surface area contributed by atoms with Crippen LogP contribution in [-0.4, -0.2) is 83.9 Å². The zero-order chi connectivity index (χ0) is 23.1. The molecule has 3 aliphatic rings. The van der Waals surface area contributed by atoms with Crippen LogP contribution in [0.15, 0.2) is 12.7 Å². The van der Waals surface area contributed by atoms with Gasteiger partial charge in [-0.05, 0) is 26.2 Å². The number of aliphatic carboxylic acids is 1. The molecule has 3 rings (SSSR count). The Hall–Kier alpha value is -1.06. The predicted molar refractivity (Wildman–Crippen MR) is 124 cm³/mol. The van der Waals surface area contributed by atoms with Crippen LogP contribution in [-0.2, 0) is 14.4 Å². The normalized spacial score (nSPS) is 35.7. The molecule has 0 aliphatic carbocycles. The summed E-state index contributed by atoms with van der Waals surface area (Å²) in [5.74, 6) is -3.05. The van der Waals surface area contributed by atoms with Crippen LogP contribution in [0.3, 0.4) is 0 Å². The van der Waals surface area contributed by atoms with Gasteiger partial charge in [0.1, 0.15) is 6.04 Å². The number of carboxylic acid groups (broad SMARTS) is 1. The molecule has 9 heteroatoms. The Bertz CT molecular complexity index is 747. The third-order valence-corrected chi connectivity index (χ3v) is 10.4. The minimum absolute atomic E-state index is 0.0317. The number of halogens is 1. The van der Waals surface area contributed by atoms with E-state index in [1.165, 1.54) is 16.7 Å². The lowest BCUT2D eigenvalue weighted by Crippen LogP contribution is -2.59. The number of carboxylic acids is 1. The lowest BCUT2D eigenvalue weighted by Gasteiger charge is -2.41. The van der Waals surface area contributed by atoms with E-state index >= 15 is 0 Å². The molecular formula is C22H33BrN2O5S. The van der Waals surface area contributed by atoms with Gasteiger partial charge in [-0.15, -0.1) is 18.3 Å². The number of rotatable bonds is 10. The maximum atomic E-state index is 14.1. The second kappa shape index (κ2) is 9.43. The minimum atomic E-state index is -0.991. The van der Waals surface area contributed by atoms with E-state index in [-0.39, 0.29) is 34.5 Å². The number of alkyl halides is 1. The Morgan fingerprint density at radius 1 is 1.45 bits per heavy atom. The summed E-state index contributed by atoms with van der Waals surface area (Å²) in [6, 6.07) is -1.34. The molecule has 0 saturated carbocycles. The van der Waals surface area contributed by atoms with Gasteiger partial charge in [-0.1, -0.05) is 42.3 Å². The fourth-order valence-corrected chi connectivity index (χ4v) is 9.38. The summed E-state index contributed by atoms with van der Waals surface area (Å²) in [4.78, 5) is 43.2. The van der Waals surface area contributed by atoms with Crippen LogP contribution in [0, 0.1) is 11.8 Å². The van der Waals surface area contributed by atoms with Gasteiger partial charge in [0.05, 0.1) is 29.2 Å². The van der Waals surface area contributed by atoms with Gasteiger partial charge in [-0.3, -0.25) is 14.4 Å². The van der Waals surface area contributed by atoms with Gasteiger partial charge in [0.15, 0.2) is 0 Å². The second-order valence-corrected chi connectivity index (χ2v) is 11.6. The lowest BCUT2D eigenvalue weighted by molar-refractivity contribution is -0.150. The standard InChI is InChI=1S/C22H33BrN2O5S/c1-5-8-12(4)24(9-6-2)20(28)18-22-10-14(23)17(31-22)15(21(29)30)16(22)19(27)25(18)13(7-3)11-26/h6,12-18,26H,2,5,7-11H2,1,3-4H3,(H,29,30)/t12?,13-,14?,15-,16-,17-,18?,22?/m0/s1. The molecule has 0 radical (unpaired) electrons. The number of fused-ring (bicyclic) bond motifs is 1. The third kappa shape index (κ3) is 3.74. The van der Waals surface area contributed by atoms with Gasteiger partial charge in [0, 0.05) is 22.7 Å². The first kappa shape index (κ1) is 24.6. The minimum Gasteiger partial charge on any atom is -0.481 e. The van der Waals surface area contributed by atoms with Gasteiger partial charge in [-0.25, -0.2) is 0 Å². The van der Waals surface area contributed by atoms with Crippen LogP contribution >= 0.6 is 27.7 Å². The molecule has 4 unspecified atom stereocenters. The van der Waals surface area contributed by atoms with E-state index in [9.17, 15) is 24.6 Å². The molecule has 8 atom stereocenters. The molecule has 174 valence electrons. The number of nitrogens with zero attached hydrogens (tertiary/aromatic N) is 2. The molecule has 3 aliphatic heterocycles. The third-order valence-electron chi connectivity index (χ3n) is 7.17. The summed E-state index contributed by atoms with van der Waals surface area (Å²) in [5.41, 5.74) is 0. The summed E-state index contributed by atoms with van der Waals surface area (Å²) in [6.45, 7) is 9.84. The van der Waals surface area contributed by atoms with Gasteiger partial charge >= 0.3 is 5.97 Å². The molecule has 31 heavy (non-hydrogen) atoms. The van der Waals surface area contributed by atoms with Crippen LogP contribution in [0.5, 0.6) is 0 Å². The molecule has 7 nitrogen and oxygen atoms in total. The van der Waals surface area contributed by atoms with Gasteiger partial charge in [0.25, 0.3) is 0 Å². The first-order valence-corrected chi connectivity index (χ1v) is 12.9. The molecule has 3 fully saturated rings. The molecule has 1 spiro atoms. The number of thioether (sulfide) groups is 1. The van der Waals surface area contributed by atoms with Crippen molar-refractivity contribution in [3.05, 3.63) is 12.7 Å². The Labute approximate surface area is 196 Å². The van der Waals surface area contributed by atoms with Crippen molar-refractivity contribution < 1.29 is 24.6 Å². The molecule has 3 saturated heterocycles. The molecule has 3 heterocycles. The molecule has 0 aromatic carbocycles. The van der Waals surface area contributed by atoms with Crippen molar-refractivity contribution in [1.29, 1.82) is 0 Å². The molecule has 0 aromatic rings. The Morgan fingerprint density at radius 2 is 2.13 bits per heavy atom. The van der Waals surface area contributed by atoms with E-state index in [1.807, 2.05) is 13.8 Å². The second-order valence-electron chi connectivity index (χ2n) is 8.91. The highest BCUT2D eigenvalue weighted by Crippen LogP contribution is 2.68. The van der Waals surface area contributed by atoms with E-state index in [2.05, 4.69) is 29.4 Å². The number of carbonyl (C=O) groups excluding carboxylic acids is 2. The number of carbonyl (C=O) groups is 3. The number of aliphatic hydroxyl groups is 1. The Morgan fingerprint density at radius 3 is 2.65 bits per heavy atom. The number of aliphatic hydroxyl groups excluding tert-OH is 1. The monoisotopic (exact) mass is 516 g/mol. The molecule has 2 bridgehead atoms. The summed E-state index contributed by atoms with van der Waals surface area (Å²) in [7, 11) is 0. The summed E-state index contributed by atoms with van der Waals surface area (Å²) < 4.78 is -0.802. The van der Waals surface area contributed by atoms with E-state index in [1.54, 1.807) is 11.0 Å². The molecular weight excluding hydrogens is 484 g/mol. The van der Waals surface area contributed by atoms with Crippen LogP contribution in [0.25, 0.3) is 0 Å². The van der Waals surface area contributed by atoms with Crippen molar-refractivity contribution in [1.82, 2.24) is 9.80 Å². The van der Waals surface area contributed by atoms with E-state index in [4.69, 9.17) is 0 Å². The van der Waals surface area contributed by atoms with Crippen molar-refractivity contribution in [2.75, 3.05) is 13.2 Å². The summed E-state index contributed by atoms with van der Waals surface area (Å²) >= 11 is 5.13. The van der Waals surface area contributed by atoms with E-state index in [0.717, 1.165) is 12.8 Å². The topological polar surface area (TPSA) is 98.2 Å². The van der Waals surface area contributed by atoms with Crippen molar-refractivity contribution in [2.45, 2.75) is 79.4 Å². The first-order valence-electron chi connectivity index (χ1n) is 11.1. The zero-order valence-electron chi connectivity index (χ0n) is 18.4. The smallest absolute Gasteiger partial charge is 0.308 e. The zero-order valence-corrected chi connectivity index (χ0v) is 20.8. The van der Waals surface area contributed by atoms with E-state index < -0.39 is 34.6 Å². The Kier molecular flexibility index (Phi) is 7.48. The van der Waals surface area contributed by atoms with Crippen molar-refractivity contribution in [2.24, 2.45) is 11.8 Å². The first-order chi connectivity index (χ1) is 14.7. The predicted octanol–water partition coefficient (Wildman–Crippen LogP) is 2.51. The molecule has 0 aromatic heterocycles. The van der Waals surface area contributed by atoms with Crippen molar-refractivity contribution >= 4 is 45.5 Å². The fraction of sp³-hybridized carbons (Fsp3) is 0.773. The number of likely N-dealkylation sites (tertiary alicyclic amines) is 1. The van der Waals surface area contributed by atoms with Crippen LogP contribution in [0.4, 0.5) is 0 Å². The average molecular weight is 517 g/mol. The van der Waals surface area contributed by atoms with Crippen molar-refractivity contribution in [3.63, 3.8) is 0 Å². The van der Waals surface area contributed by atoms with Gasteiger partial charge in [-0.2, -0.15) is 0 Å². The molecule has 2 amide bonds.